The van der Waals surface area contributed by atoms with Crippen molar-refractivity contribution in [3.63, 3.8) is 0 Å². The second-order valence-electron chi connectivity index (χ2n) is 4.80. The Bertz CT molecular complexity index is 436. The molecule has 8 nitrogen and oxygen atoms in total. The number of ether oxygens (including phenoxy) is 1. The summed E-state index contributed by atoms with van der Waals surface area (Å²) in [6.45, 7) is 4.69. The maximum absolute atomic E-state index is 11.6. The fourth-order valence-corrected chi connectivity index (χ4v) is 2.62. The summed E-state index contributed by atoms with van der Waals surface area (Å²) >= 11 is 0. The highest BCUT2D eigenvalue weighted by atomic mass is 32.1. The molecule has 0 aliphatic heterocycles. The molecule has 0 bridgehead atoms. The van der Waals surface area contributed by atoms with Crippen LogP contribution in [-0.4, -0.2) is 25.6 Å². The van der Waals surface area contributed by atoms with Crippen molar-refractivity contribution in [3.05, 3.63) is 23.3 Å². The lowest BCUT2D eigenvalue weighted by Gasteiger charge is -2.07. The molecule has 23 heavy (non-hydrogen) atoms. The van der Waals surface area contributed by atoms with Crippen molar-refractivity contribution in [3.8, 4) is 0 Å². The molecule has 0 radical (unpaired) electrons. The molecule has 0 heterocycles. The molecule has 0 aromatic heterocycles. The first-order chi connectivity index (χ1) is 11.0. The Hall–Kier alpha value is -0.430. The molecule has 1 unspecified atom stereocenters. The summed E-state index contributed by atoms with van der Waals surface area (Å²) in [7, 11) is -3.20. The van der Waals surface area contributed by atoms with E-state index in [9.17, 15) is 9.13 Å². The summed E-state index contributed by atoms with van der Waals surface area (Å²) in [5.74, 6) is 0. The first kappa shape index (κ1) is 22.6. The number of rotatable bonds is 14. The maximum Gasteiger partial charge on any atom is 0.449 e. The van der Waals surface area contributed by atoms with Gasteiger partial charge in [-0.05, 0) is 49.6 Å². The van der Waals surface area contributed by atoms with Gasteiger partial charge in [0.25, 0.3) is 8.15 Å². The van der Waals surface area contributed by atoms with Crippen LogP contribution in [0.3, 0.4) is 0 Å². The first-order valence-corrected chi connectivity index (χ1v) is 10.1. The van der Waals surface area contributed by atoms with Gasteiger partial charge in [-0.1, -0.05) is 23.3 Å². The van der Waals surface area contributed by atoms with Crippen molar-refractivity contribution in [1.82, 2.24) is 0 Å². The third-order valence-electron chi connectivity index (χ3n) is 2.88. The van der Waals surface area contributed by atoms with E-state index in [1.54, 1.807) is 13.2 Å². The van der Waals surface area contributed by atoms with Crippen LogP contribution in [0, 0.1) is 0 Å². The van der Waals surface area contributed by atoms with Gasteiger partial charge in [0.1, 0.15) is 0 Å². The number of allylic oxidation sites excluding steroid dienone is 3. The van der Waals surface area contributed by atoms with Crippen LogP contribution in [0.2, 0.25) is 0 Å². The second-order valence-corrected chi connectivity index (χ2v) is 8.27. The Morgan fingerprint density at radius 2 is 1.91 bits per heavy atom. The monoisotopic (exact) mass is 370 g/mol. The highest BCUT2D eigenvalue weighted by molar-refractivity contribution is 8.14. The van der Waals surface area contributed by atoms with Gasteiger partial charge < -0.3 is 4.74 Å². The Kier molecular flexibility index (Phi) is 13.7. The summed E-state index contributed by atoms with van der Waals surface area (Å²) < 4.78 is 36.2. The molecule has 0 aliphatic carbocycles. The van der Waals surface area contributed by atoms with Crippen LogP contribution in [-0.2, 0) is 33.1 Å². The predicted octanol–water partition coefficient (Wildman–Crippen LogP) is 4.86. The standard InChI is InChI=1S/C13H24O8P2/c1-12(8-5-10-17-3)6-4-7-13(2)9-11-18-23(16,22-15)21-20-19-14/h6,9,14H,4-5,7-8,10-11H2,1-3H3/b12-6+,13-9+. The molecule has 1 N–H and O–H groups in total. The highest BCUT2D eigenvalue weighted by Gasteiger charge is 2.27. The molecule has 0 spiro atoms. The van der Waals surface area contributed by atoms with Crippen molar-refractivity contribution in [2.24, 2.45) is 0 Å². The Labute approximate surface area is 137 Å². The van der Waals surface area contributed by atoms with Crippen molar-refractivity contribution in [2.45, 2.75) is 39.5 Å². The van der Waals surface area contributed by atoms with Gasteiger partial charge in [-0.15, -0.1) is 4.67 Å². The lowest BCUT2D eigenvalue weighted by molar-refractivity contribution is -0.595. The summed E-state index contributed by atoms with van der Waals surface area (Å²) in [4.78, 5) is 0. The molecule has 0 saturated carbocycles. The van der Waals surface area contributed by atoms with E-state index < -0.39 is 15.4 Å². The van der Waals surface area contributed by atoms with E-state index in [4.69, 9.17) is 14.5 Å². The fourth-order valence-electron chi connectivity index (χ4n) is 1.63. The predicted molar refractivity (Wildman–Crippen MR) is 84.9 cm³/mol. The number of hydrogen-bond acceptors (Lipinski definition) is 8. The number of methoxy groups -OCH3 is 1. The van der Waals surface area contributed by atoms with Gasteiger partial charge in [0.05, 0.1) is 6.61 Å². The SMILES string of the molecule is COCCC/C(C)=C/CC/C(C)=C/COP(=O)(OOOO)P=O. The fraction of sp³-hybridized carbons (Fsp3) is 0.692. The molecule has 0 aromatic carbocycles. The topological polar surface area (TPSA) is 101 Å². The van der Waals surface area contributed by atoms with Gasteiger partial charge >= 0.3 is 7.28 Å². The Morgan fingerprint density at radius 1 is 1.22 bits per heavy atom. The summed E-state index contributed by atoms with van der Waals surface area (Å²) in [6.07, 6.45) is 7.60. The zero-order chi connectivity index (χ0) is 17.6. The molecule has 0 fully saturated rings. The minimum atomic E-state index is -3.99. The van der Waals surface area contributed by atoms with E-state index in [0.29, 0.717) is 0 Å². The summed E-state index contributed by atoms with van der Waals surface area (Å²) in [6, 6.07) is 0. The molecule has 0 aromatic rings. The van der Waals surface area contributed by atoms with Gasteiger partial charge in [0, 0.05) is 13.7 Å². The molecular weight excluding hydrogens is 346 g/mol. The molecule has 0 saturated heterocycles. The maximum atomic E-state index is 11.6. The molecule has 0 rings (SSSR count). The van der Waals surface area contributed by atoms with Gasteiger partial charge in [-0.25, -0.2) is 9.82 Å². The molecule has 10 heteroatoms. The minimum absolute atomic E-state index is 0.0658. The first-order valence-electron chi connectivity index (χ1n) is 7.03. The van der Waals surface area contributed by atoms with Crippen LogP contribution in [0.1, 0.15) is 39.5 Å². The number of hydrogen-bond donors (Lipinski definition) is 1. The second kappa shape index (κ2) is 14.0. The molecular formula is C13H24O8P2. The van der Waals surface area contributed by atoms with E-state index in [2.05, 4.69) is 27.8 Å². The average Bonchev–Trinajstić information content (AvgIpc) is 2.53. The van der Waals surface area contributed by atoms with E-state index >= 15 is 0 Å². The average molecular weight is 370 g/mol. The van der Waals surface area contributed by atoms with E-state index in [1.807, 2.05) is 6.92 Å². The van der Waals surface area contributed by atoms with E-state index in [-0.39, 0.29) is 6.61 Å². The zero-order valence-electron chi connectivity index (χ0n) is 13.6. The lowest BCUT2D eigenvalue weighted by atomic mass is 10.1. The highest BCUT2D eigenvalue weighted by Crippen LogP contribution is 2.60. The summed E-state index contributed by atoms with van der Waals surface area (Å²) in [5, 5.41) is 14.6. The van der Waals surface area contributed by atoms with Crippen molar-refractivity contribution in [2.75, 3.05) is 20.3 Å². The largest absolute Gasteiger partial charge is 0.449 e. The van der Waals surface area contributed by atoms with Crippen LogP contribution in [0.5, 0.6) is 0 Å². The molecule has 0 aliphatic rings. The molecule has 0 amide bonds. The van der Waals surface area contributed by atoms with E-state index in [1.165, 1.54) is 5.57 Å². The molecule has 134 valence electrons. The lowest BCUT2D eigenvalue weighted by Crippen LogP contribution is -1.94. The normalized spacial score (nSPS) is 15.8. The Morgan fingerprint density at radius 3 is 2.52 bits per heavy atom. The van der Waals surface area contributed by atoms with Crippen LogP contribution in [0.25, 0.3) is 0 Å². The van der Waals surface area contributed by atoms with Crippen LogP contribution >= 0.6 is 15.4 Å². The van der Waals surface area contributed by atoms with Crippen molar-refractivity contribution in [1.29, 1.82) is 0 Å². The summed E-state index contributed by atoms with van der Waals surface area (Å²) in [5.41, 5.74) is 2.34. The quantitative estimate of drug-likeness (QED) is 0.152. The van der Waals surface area contributed by atoms with E-state index in [0.717, 1.165) is 37.9 Å². The van der Waals surface area contributed by atoms with Gasteiger partial charge in [0.15, 0.2) is 0 Å². The van der Waals surface area contributed by atoms with Crippen LogP contribution < -0.4 is 0 Å². The van der Waals surface area contributed by atoms with Gasteiger partial charge in [-0.2, -0.15) is 0 Å². The zero-order valence-corrected chi connectivity index (χ0v) is 15.4. The third-order valence-corrected chi connectivity index (χ3v) is 4.95. The van der Waals surface area contributed by atoms with Crippen molar-refractivity contribution >= 4 is 15.4 Å². The third kappa shape index (κ3) is 12.6. The minimum Gasteiger partial charge on any atom is -0.385 e. The molecule has 1 atom stereocenters. The van der Waals surface area contributed by atoms with Gasteiger partial charge in [0.2, 0.25) is 0 Å². The van der Waals surface area contributed by atoms with Crippen molar-refractivity contribution < 1.29 is 38.4 Å². The smallest absolute Gasteiger partial charge is 0.385 e. The van der Waals surface area contributed by atoms with Crippen LogP contribution in [0.4, 0.5) is 0 Å². The Balaban J connectivity index is 4.09. The van der Waals surface area contributed by atoms with Gasteiger partial charge in [-0.3, -0.25) is 9.09 Å². The van der Waals surface area contributed by atoms with Crippen LogP contribution in [0.15, 0.2) is 23.3 Å².